The van der Waals surface area contributed by atoms with Crippen LogP contribution >= 0.6 is 0 Å². The van der Waals surface area contributed by atoms with Crippen molar-refractivity contribution in [1.82, 2.24) is 0 Å². The molecule has 0 atom stereocenters. The predicted octanol–water partition coefficient (Wildman–Crippen LogP) is 10.4. The van der Waals surface area contributed by atoms with Crippen molar-refractivity contribution in [3.8, 4) is 11.5 Å². The van der Waals surface area contributed by atoms with Crippen LogP contribution in [0.15, 0.2) is 121 Å². The number of anilines is 2. The first-order chi connectivity index (χ1) is 26.1. The maximum absolute atomic E-state index is 15.0. The number of fused-ring (bicyclic) bond motifs is 4. The summed E-state index contributed by atoms with van der Waals surface area (Å²) in [5, 5.41) is 3.37. The van der Waals surface area contributed by atoms with Gasteiger partial charge in [-0.2, -0.15) is 0 Å². The van der Waals surface area contributed by atoms with Crippen LogP contribution in [0.1, 0.15) is 38.8 Å². The molecule has 0 fully saturated rings. The highest BCUT2D eigenvalue weighted by Crippen LogP contribution is 2.38. The summed E-state index contributed by atoms with van der Waals surface area (Å²) in [5.41, 5.74) is 3.95. The van der Waals surface area contributed by atoms with E-state index in [1.165, 1.54) is 12.4 Å². The fraction of sp³-hybridized carbons (Fsp3) is 0.190. The van der Waals surface area contributed by atoms with E-state index in [-0.39, 0.29) is 11.5 Å². The normalized spacial score (nSPS) is 15.0. The second-order valence-corrected chi connectivity index (χ2v) is 13.2. The van der Waals surface area contributed by atoms with Gasteiger partial charge in [-0.1, -0.05) is 60.7 Å². The third-order valence-electron chi connectivity index (χ3n) is 10.1. The highest BCUT2D eigenvalue weighted by Gasteiger charge is 2.51. The zero-order valence-corrected chi connectivity index (χ0v) is 30.8. The molecule has 0 unspecified atom stereocenters. The number of rotatable bonds is 8. The molecule has 12 heteroatoms. The lowest BCUT2D eigenvalue weighted by Crippen LogP contribution is -2.46. The molecule has 2 heterocycles. The molecule has 6 aromatic rings. The summed E-state index contributed by atoms with van der Waals surface area (Å²) >= 11 is 0. The molecule has 6 aromatic carbocycles. The molecule has 0 aliphatic carbocycles. The summed E-state index contributed by atoms with van der Waals surface area (Å²) < 4.78 is 72.3. The first-order valence-electron chi connectivity index (χ1n) is 18.5. The Morgan fingerprint density at radius 2 is 0.852 bits per heavy atom. The minimum Gasteiger partial charge on any atom is -0.599 e. The smallest absolute Gasteiger partial charge is 0.599 e. The van der Waals surface area contributed by atoms with Crippen LogP contribution in [0.3, 0.4) is 0 Å². The molecule has 0 radical (unpaired) electrons. The van der Waals surface area contributed by atoms with Gasteiger partial charge in [0.05, 0.1) is 22.6 Å². The number of nitrogens with zero attached hydrogens (tertiary/aromatic N) is 4. The van der Waals surface area contributed by atoms with Crippen molar-refractivity contribution < 1.29 is 35.5 Å². The first-order valence-corrected chi connectivity index (χ1v) is 18.5. The van der Waals surface area contributed by atoms with Crippen LogP contribution in [0, 0.1) is 0 Å². The molecule has 276 valence electrons. The lowest BCUT2D eigenvalue weighted by Gasteiger charge is -2.30. The van der Waals surface area contributed by atoms with Gasteiger partial charge in [0.15, 0.2) is 11.4 Å². The first kappa shape index (κ1) is 36.6. The van der Waals surface area contributed by atoms with E-state index in [2.05, 4.69) is 9.80 Å². The minimum atomic E-state index is -4.23. The zero-order valence-electron chi connectivity index (χ0n) is 30.8. The lowest BCUT2D eigenvalue weighted by molar-refractivity contribution is -0.342. The molecular weight excluding hydrogens is 690 g/mol. The Kier molecular flexibility index (Phi) is 10.1. The van der Waals surface area contributed by atoms with Gasteiger partial charge >= 0.3 is 14.1 Å². The molecule has 0 amide bonds. The number of benzene rings is 6. The van der Waals surface area contributed by atoms with Crippen LogP contribution in [-0.4, -0.2) is 61.7 Å². The van der Waals surface area contributed by atoms with E-state index < -0.39 is 14.1 Å². The molecule has 54 heavy (non-hydrogen) atoms. The predicted molar refractivity (Wildman–Crippen MR) is 215 cm³/mol. The van der Waals surface area contributed by atoms with Gasteiger partial charge in [-0.3, -0.25) is 0 Å². The minimum absolute atomic E-state index is 0.223. The highest BCUT2D eigenvalue weighted by atomic mass is 19.3. The van der Waals surface area contributed by atoms with Gasteiger partial charge in [0, 0.05) is 72.6 Å². The van der Waals surface area contributed by atoms with Crippen molar-refractivity contribution in [2.24, 2.45) is 0 Å². The fourth-order valence-electron chi connectivity index (χ4n) is 7.26. The third kappa shape index (κ3) is 7.00. The summed E-state index contributed by atoms with van der Waals surface area (Å²) in [4.78, 5) is 4.21. The van der Waals surface area contributed by atoms with Gasteiger partial charge in [-0.05, 0) is 74.9 Å². The summed E-state index contributed by atoms with van der Waals surface area (Å²) in [5.74, 6) is 0.446. The third-order valence-corrected chi connectivity index (χ3v) is 10.1. The van der Waals surface area contributed by atoms with E-state index in [0.29, 0.717) is 22.5 Å². The Labute approximate surface area is 313 Å². The maximum atomic E-state index is 15.0. The molecule has 6 nitrogen and oxygen atoms in total. The van der Waals surface area contributed by atoms with E-state index in [9.17, 15) is 17.3 Å². The highest BCUT2D eigenvalue weighted by molar-refractivity contribution is 6.53. The van der Waals surface area contributed by atoms with E-state index in [1.54, 1.807) is 36.4 Å². The monoisotopic (exact) mass is 732 g/mol. The average molecular weight is 732 g/mol. The molecule has 2 aliphatic heterocycles. The van der Waals surface area contributed by atoms with Gasteiger partial charge < -0.3 is 45.3 Å². The van der Waals surface area contributed by atoms with Crippen molar-refractivity contribution in [1.29, 1.82) is 0 Å². The van der Waals surface area contributed by atoms with E-state index in [4.69, 9.17) is 9.31 Å². The number of hydrogen-bond acceptors (Lipinski definition) is 4. The standard InChI is InChI=1S/2C21H21BF2N2O/c2*1-3-25(4-2)18-13-12-17-15-26(22(23,24)27-21(17)14-18)20-11-7-9-16-8-5-6-10-19(16)20/h2*5-15H,3-4H2,1-2H3. The second kappa shape index (κ2) is 14.9. The van der Waals surface area contributed by atoms with Crippen LogP contribution in [0.5, 0.6) is 11.5 Å². The van der Waals surface area contributed by atoms with Gasteiger partial charge in [0.2, 0.25) is 0 Å². The van der Waals surface area contributed by atoms with Crippen molar-refractivity contribution in [3.63, 3.8) is 0 Å². The Bertz CT molecular complexity index is 2220. The number of hydrogen-bond donors (Lipinski definition) is 0. The number of halogens is 4. The molecule has 0 bridgehead atoms. The molecule has 0 aromatic heterocycles. The molecule has 0 N–H and O–H groups in total. The van der Waals surface area contributed by atoms with Crippen molar-refractivity contribution >= 4 is 70.8 Å². The maximum Gasteiger partial charge on any atom is 0.834 e. The van der Waals surface area contributed by atoms with E-state index in [1.807, 2.05) is 113 Å². The van der Waals surface area contributed by atoms with Crippen LogP contribution < -0.4 is 19.1 Å². The van der Waals surface area contributed by atoms with Crippen molar-refractivity contribution in [2.45, 2.75) is 27.7 Å². The largest absolute Gasteiger partial charge is 0.834 e. The molecule has 0 saturated carbocycles. The second-order valence-electron chi connectivity index (χ2n) is 13.2. The summed E-state index contributed by atoms with van der Waals surface area (Å²) in [6.07, 6.45) is 2.99. The molecule has 0 saturated heterocycles. The average Bonchev–Trinajstić information content (AvgIpc) is 3.17. The van der Waals surface area contributed by atoms with E-state index in [0.717, 1.165) is 68.1 Å². The topological polar surface area (TPSA) is 31.0 Å². The van der Waals surface area contributed by atoms with Crippen molar-refractivity contribution in [3.05, 3.63) is 132 Å². The Morgan fingerprint density at radius 3 is 1.24 bits per heavy atom. The molecule has 8 rings (SSSR count). The molecular formula is C42H42B2F4N4O2. The van der Waals surface area contributed by atoms with Crippen LogP contribution in [0.2, 0.25) is 0 Å². The quantitative estimate of drug-likeness (QED) is 0.115. The summed E-state index contributed by atoms with van der Waals surface area (Å²) in [6.45, 7) is 11.4. The molecule has 0 spiro atoms. The van der Waals surface area contributed by atoms with Crippen molar-refractivity contribution in [2.75, 3.05) is 36.0 Å². The SMILES string of the molecule is CCN(CC)c1ccc2c(c1)O[B-](F)(F)[N+](c1cccc3ccccc13)=C2.CCN(CC)c1ccc2c(c1)O[B-](F)(F)[N+](c1cccc3ccccc13)=C2. The van der Waals surface area contributed by atoms with Gasteiger partial charge in [0.1, 0.15) is 12.4 Å². The van der Waals surface area contributed by atoms with Gasteiger partial charge in [0.25, 0.3) is 0 Å². The lowest BCUT2D eigenvalue weighted by atomic mass is 9.96. The van der Waals surface area contributed by atoms with Gasteiger partial charge in [-0.15, -0.1) is 0 Å². The zero-order chi connectivity index (χ0) is 38.0. The van der Waals surface area contributed by atoms with Crippen LogP contribution in [0.25, 0.3) is 21.5 Å². The molecule has 2 aliphatic rings. The van der Waals surface area contributed by atoms with E-state index >= 15 is 0 Å². The summed E-state index contributed by atoms with van der Waals surface area (Å²) in [6, 6.07) is 36.8. The Balaban J connectivity index is 0.000000167. The summed E-state index contributed by atoms with van der Waals surface area (Å²) in [7, 11) is -8.45. The van der Waals surface area contributed by atoms with Gasteiger partial charge in [-0.25, -0.2) is 0 Å². The van der Waals surface area contributed by atoms with Crippen LogP contribution in [0.4, 0.5) is 40.0 Å². The Morgan fingerprint density at radius 1 is 0.481 bits per heavy atom. The fourth-order valence-corrected chi connectivity index (χ4v) is 7.26. The van der Waals surface area contributed by atoms with Crippen LogP contribution in [-0.2, 0) is 0 Å². The Hall–Kier alpha value is -5.77.